The molecule has 18 nitrogen and oxygen atoms in total. The van der Waals surface area contributed by atoms with Crippen molar-refractivity contribution in [1.29, 1.82) is 0 Å². The molecule has 1 saturated carbocycles. The Balaban J connectivity index is 0.921. The smallest absolute Gasteiger partial charge is 0.412 e. The van der Waals surface area contributed by atoms with Crippen LogP contribution >= 0.6 is 0 Å². The molecule has 2 aromatic rings. The van der Waals surface area contributed by atoms with Crippen molar-refractivity contribution >= 4 is 47.8 Å². The summed E-state index contributed by atoms with van der Waals surface area (Å²) in [7, 11) is 0. The summed E-state index contributed by atoms with van der Waals surface area (Å²) in [5.74, 6) is 0. The Morgan fingerprint density at radius 2 is 0.806 bits per heavy atom. The number of nitrogens with zero attached hydrogens (tertiary/aromatic N) is 4. The molecule has 62 heavy (non-hydrogen) atoms. The Labute approximate surface area is 364 Å². The number of benzene rings is 2. The van der Waals surface area contributed by atoms with Gasteiger partial charge in [-0.25, -0.2) is 28.8 Å². The number of rotatable bonds is 8. The summed E-state index contributed by atoms with van der Waals surface area (Å²) in [5, 5.41) is 11.2. The highest BCUT2D eigenvalue weighted by Crippen LogP contribution is 2.24. The predicted octanol–water partition coefficient (Wildman–Crippen LogP) is 7.10. The summed E-state index contributed by atoms with van der Waals surface area (Å²) < 4.78 is 22.3. The Bertz CT molecular complexity index is 1690. The molecule has 2 aromatic carbocycles. The molecule has 18 heteroatoms. The number of amides is 8. The van der Waals surface area contributed by atoms with Crippen molar-refractivity contribution in [3.8, 4) is 0 Å². The summed E-state index contributed by atoms with van der Waals surface area (Å²) in [4.78, 5) is 82.5. The van der Waals surface area contributed by atoms with Crippen LogP contribution in [0.3, 0.4) is 0 Å². The van der Waals surface area contributed by atoms with E-state index in [0.717, 1.165) is 24.0 Å². The lowest BCUT2D eigenvalue weighted by Gasteiger charge is -2.36. The molecule has 2 heterocycles. The summed E-state index contributed by atoms with van der Waals surface area (Å²) in [6.07, 6.45) is 1.85. The van der Waals surface area contributed by atoms with Crippen LogP contribution in [0.15, 0.2) is 48.5 Å². The van der Waals surface area contributed by atoms with Gasteiger partial charge >= 0.3 is 36.4 Å². The summed E-state index contributed by atoms with van der Waals surface area (Å²) in [6.45, 7) is 14.4. The van der Waals surface area contributed by atoms with E-state index in [1.54, 1.807) is 85.4 Å². The second-order valence-corrected chi connectivity index (χ2v) is 17.8. The number of carbonyl (C=O) groups is 6. The van der Waals surface area contributed by atoms with Gasteiger partial charge in [-0.2, -0.15) is 0 Å². The average molecular weight is 865 g/mol. The van der Waals surface area contributed by atoms with Crippen molar-refractivity contribution in [1.82, 2.24) is 30.2 Å². The summed E-state index contributed by atoms with van der Waals surface area (Å²) in [5.41, 5.74) is 1.71. The first-order chi connectivity index (χ1) is 29.4. The van der Waals surface area contributed by atoms with Crippen molar-refractivity contribution in [2.75, 3.05) is 63.0 Å². The van der Waals surface area contributed by atoms with Gasteiger partial charge in [0.2, 0.25) is 0 Å². The average Bonchev–Trinajstić information content (AvgIpc) is 3.20. The molecular formula is C44H64N8O10. The molecule has 3 aliphatic rings. The van der Waals surface area contributed by atoms with E-state index in [-0.39, 0.29) is 36.5 Å². The lowest BCUT2D eigenvalue weighted by molar-refractivity contribution is 0.0196. The predicted molar refractivity (Wildman–Crippen MR) is 232 cm³/mol. The Kier molecular flexibility index (Phi) is 16.5. The first kappa shape index (κ1) is 47.1. The Morgan fingerprint density at radius 3 is 1.11 bits per heavy atom. The molecule has 1 aliphatic carbocycles. The zero-order chi connectivity index (χ0) is 44.9. The van der Waals surface area contributed by atoms with Crippen molar-refractivity contribution in [2.45, 2.75) is 117 Å². The van der Waals surface area contributed by atoms with E-state index >= 15 is 0 Å². The standard InChI is InChI=1S/C44H64N8O10/c1-43(2,3)61-39(55)47-33-17-13-31(14-18-33)29-45-37(53)49-21-25-51(26-22-49)41(57)59-35-9-7-11-36(12-8-10-35)60-42(58)52-27-23-50(24-28-52)38(54)46-30-32-15-19-34(20-16-32)48-40(56)62-44(4,5)6/h13-20,35-36H,7-12,21-30H2,1-6H3,(H,45,53)(H,46,54)(H,47,55)(H,48,56). The van der Waals surface area contributed by atoms with Crippen molar-refractivity contribution in [2.24, 2.45) is 0 Å². The maximum atomic E-state index is 13.1. The zero-order valence-corrected chi connectivity index (χ0v) is 37.0. The van der Waals surface area contributed by atoms with E-state index in [2.05, 4.69) is 21.3 Å². The second-order valence-electron chi connectivity index (χ2n) is 17.8. The number of ether oxygens (including phenoxy) is 4. The first-order valence-electron chi connectivity index (χ1n) is 21.5. The highest BCUT2D eigenvalue weighted by molar-refractivity contribution is 5.85. The highest BCUT2D eigenvalue weighted by atomic mass is 16.6. The molecular weight excluding hydrogens is 801 g/mol. The fourth-order valence-electron chi connectivity index (χ4n) is 7.12. The number of hydrogen-bond donors (Lipinski definition) is 4. The maximum Gasteiger partial charge on any atom is 0.412 e. The van der Waals surface area contributed by atoms with Crippen LogP contribution in [0.1, 0.15) is 91.2 Å². The number of urea groups is 2. The molecule has 8 amide bonds. The molecule has 0 atom stereocenters. The van der Waals surface area contributed by atoms with Crippen LogP contribution < -0.4 is 21.3 Å². The molecule has 2 aliphatic heterocycles. The molecule has 4 N–H and O–H groups in total. The van der Waals surface area contributed by atoms with Gasteiger partial charge in [0.15, 0.2) is 0 Å². The van der Waals surface area contributed by atoms with Crippen LogP contribution in [0.4, 0.5) is 40.1 Å². The Hall–Kier alpha value is -5.94. The van der Waals surface area contributed by atoms with Gasteiger partial charge in [-0.1, -0.05) is 24.3 Å². The van der Waals surface area contributed by atoms with E-state index in [1.165, 1.54) is 0 Å². The normalized spacial score (nSPS) is 18.6. The molecule has 0 unspecified atom stereocenters. The molecule has 340 valence electrons. The highest BCUT2D eigenvalue weighted by Gasteiger charge is 2.30. The summed E-state index contributed by atoms with van der Waals surface area (Å²) >= 11 is 0. The minimum absolute atomic E-state index is 0.220. The van der Waals surface area contributed by atoms with Crippen molar-refractivity contribution < 1.29 is 47.7 Å². The van der Waals surface area contributed by atoms with E-state index in [4.69, 9.17) is 18.9 Å². The molecule has 0 aromatic heterocycles. The van der Waals surface area contributed by atoms with Gasteiger partial charge in [-0.05, 0) is 115 Å². The molecule has 2 saturated heterocycles. The molecule has 0 bridgehead atoms. The number of hydrogen-bond acceptors (Lipinski definition) is 10. The fraction of sp³-hybridized carbons (Fsp3) is 0.591. The van der Waals surface area contributed by atoms with Gasteiger partial charge in [0.25, 0.3) is 0 Å². The van der Waals surface area contributed by atoms with Crippen LogP contribution in [-0.2, 0) is 32.0 Å². The number of carbonyl (C=O) groups excluding carboxylic acids is 6. The number of piperazine rings is 2. The third kappa shape index (κ3) is 15.8. The minimum atomic E-state index is -0.599. The SMILES string of the molecule is CC(C)(C)OC(=O)Nc1ccc(CNC(=O)N2CCN(C(=O)OC3CCCC(OC(=O)N4CCN(C(=O)NCc5ccc(NC(=O)OC(C)(C)C)cc5)CC4)CCC3)CC2)cc1. The molecule has 3 fully saturated rings. The third-order valence-electron chi connectivity index (χ3n) is 10.4. The van der Waals surface area contributed by atoms with Gasteiger partial charge in [-0.15, -0.1) is 0 Å². The van der Waals surface area contributed by atoms with Crippen LogP contribution in [0.2, 0.25) is 0 Å². The van der Waals surface area contributed by atoms with Gasteiger partial charge in [-0.3, -0.25) is 10.6 Å². The maximum absolute atomic E-state index is 13.1. The van der Waals surface area contributed by atoms with Gasteiger partial charge in [0.05, 0.1) is 0 Å². The quantitative estimate of drug-likeness (QED) is 0.199. The van der Waals surface area contributed by atoms with Crippen LogP contribution in [-0.4, -0.2) is 132 Å². The zero-order valence-electron chi connectivity index (χ0n) is 37.0. The lowest BCUT2D eigenvalue weighted by atomic mass is 9.96. The van der Waals surface area contributed by atoms with Crippen LogP contribution in [0, 0.1) is 0 Å². The molecule has 0 radical (unpaired) electrons. The topological polar surface area (TPSA) is 200 Å². The van der Waals surface area contributed by atoms with Gasteiger partial charge in [0, 0.05) is 76.8 Å². The molecule has 5 rings (SSSR count). The third-order valence-corrected chi connectivity index (χ3v) is 10.4. The van der Waals surface area contributed by atoms with Gasteiger partial charge < -0.3 is 49.2 Å². The fourth-order valence-corrected chi connectivity index (χ4v) is 7.12. The largest absolute Gasteiger partial charge is 0.446 e. The van der Waals surface area contributed by atoms with Gasteiger partial charge in [0.1, 0.15) is 23.4 Å². The minimum Gasteiger partial charge on any atom is -0.446 e. The van der Waals surface area contributed by atoms with E-state index < -0.39 is 23.4 Å². The lowest BCUT2D eigenvalue weighted by Crippen LogP contribution is -2.53. The van der Waals surface area contributed by atoms with Crippen LogP contribution in [0.5, 0.6) is 0 Å². The van der Waals surface area contributed by atoms with E-state index in [1.807, 2.05) is 24.3 Å². The second kappa shape index (κ2) is 21.7. The first-order valence-corrected chi connectivity index (χ1v) is 21.5. The van der Waals surface area contributed by atoms with E-state index in [0.29, 0.717) is 103 Å². The number of nitrogens with one attached hydrogen (secondary N) is 4. The monoisotopic (exact) mass is 864 g/mol. The Morgan fingerprint density at radius 1 is 0.500 bits per heavy atom. The summed E-state index contributed by atoms with van der Waals surface area (Å²) in [6, 6.07) is 13.8. The van der Waals surface area contributed by atoms with Crippen molar-refractivity contribution in [3.05, 3.63) is 59.7 Å². The molecule has 0 spiro atoms. The van der Waals surface area contributed by atoms with E-state index in [9.17, 15) is 28.8 Å². The number of anilines is 2. The van der Waals surface area contributed by atoms with Crippen LogP contribution in [0.25, 0.3) is 0 Å². The van der Waals surface area contributed by atoms with Crippen molar-refractivity contribution in [3.63, 3.8) is 0 Å².